The molecule has 4 aromatic rings. The lowest BCUT2D eigenvalue weighted by Crippen LogP contribution is -2.46. The first-order valence-corrected chi connectivity index (χ1v) is 12.9. The molecule has 1 aliphatic rings. The monoisotopic (exact) mass is 479 g/mol. The number of aromatic amines is 1. The second kappa shape index (κ2) is 10.8. The number of unbranched alkanes of at least 4 members (excludes halogenated alkanes) is 2. The Hall–Kier alpha value is -3.82. The molecular weight excluding hydrogens is 446 g/mol. The summed E-state index contributed by atoms with van der Waals surface area (Å²) in [6.45, 7) is 7.31. The van der Waals surface area contributed by atoms with Gasteiger partial charge in [-0.2, -0.15) is 5.26 Å². The molecule has 6 nitrogen and oxygen atoms in total. The summed E-state index contributed by atoms with van der Waals surface area (Å²) in [4.78, 5) is 20.6. The fraction of sp³-hybridized carbons (Fsp3) is 0.333. The molecule has 0 unspecified atom stereocenters. The second-order valence-corrected chi connectivity index (χ2v) is 9.75. The highest BCUT2D eigenvalue weighted by atomic mass is 16.1. The second-order valence-electron chi connectivity index (χ2n) is 9.75. The van der Waals surface area contributed by atoms with Gasteiger partial charge in [0.15, 0.2) is 0 Å². The molecule has 1 saturated heterocycles. The highest BCUT2D eigenvalue weighted by molar-refractivity contribution is 5.84. The van der Waals surface area contributed by atoms with Crippen LogP contribution in [0.5, 0.6) is 0 Å². The average Bonchev–Trinajstić information content (AvgIpc) is 3.31. The molecule has 0 bridgehead atoms. The van der Waals surface area contributed by atoms with Crippen LogP contribution in [-0.4, -0.2) is 47.2 Å². The van der Waals surface area contributed by atoms with Crippen molar-refractivity contribution in [2.75, 3.05) is 37.6 Å². The first kappa shape index (κ1) is 23.9. The number of pyridine rings is 1. The van der Waals surface area contributed by atoms with E-state index in [9.17, 15) is 4.79 Å². The van der Waals surface area contributed by atoms with E-state index in [2.05, 4.69) is 39.2 Å². The van der Waals surface area contributed by atoms with Crippen LogP contribution in [0.25, 0.3) is 16.6 Å². The first-order valence-electron chi connectivity index (χ1n) is 12.9. The lowest BCUT2D eigenvalue weighted by Gasteiger charge is -2.36. The van der Waals surface area contributed by atoms with Gasteiger partial charge in [-0.1, -0.05) is 6.42 Å². The highest BCUT2D eigenvalue weighted by Crippen LogP contribution is 2.22. The van der Waals surface area contributed by atoms with Crippen LogP contribution in [0.1, 0.15) is 36.0 Å². The van der Waals surface area contributed by atoms with Crippen molar-refractivity contribution in [1.82, 2.24) is 14.5 Å². The molecule has 0 spiro atoms. The van der Waals surface area contributed by atoms with Gasteiger partial charge in [-0.15, -0.1) is 0 Å². The molecule has 1 N–H and O–H groups in total. The molecule has 0 radical (unpaired) electrons. The molecule has 0 atom stereocenters. The molecule has 36 heavy (non-hydrogen) atoms. The van der Waals surface area contributed by atoms with Crippen molar-refractivity contribution in [3.63, 3.8) is 0 Å². The molecule has 6 heteroatoms. The number of hydrogen-bond donors (Lipinski definition) is 1. The number of H-pyrrole nitrogens is 1. The lowest BCUT2D eigenvalue weighted by molar-refractivity contribution is 0.252. The van der Waals surface area contributed by atoms with Crippen LogP contribution < -0.4 is 10.5 Å². The zero-order chi connectivity index (χ0) is 24.9. The number of nitriles is 1. The van der Waals surface area contributed by atoms with Crippen molar-refractivity contribution in [3.05, 3.63) is 94.0 Å². The Balaban J connectivity index is 1.05. The van der Waals surface area contributed by atoms with Crippen molar-refractivity contribution >= 4 is 16.6 Å². The molecule has 2 aromatic heterocycles. The van der Waals surface area contributed by atoms with E-state index in [4.69, 9.17) is 5.26 Å². The molecule has 184 valence electrons. The van der Waals surface area contributed by atoms with Crippen molar-refractivity contribution < 1.29 is 0 Å². The standard InChI is InChI=1S/C30H33N5O/c1-23-12-14-35(30(36)19-23)27-9-7-26(8-10-27)34-17-15-33(16-18-34)13-4-2-3-5-25-22-32-29-11-6-24(21-31)20-28(25)29/h6-12,14,19-20,22,32H,2-5,13,15-18H2,1H3. The molecule has 0 saturated carbocycles. The quantitative estimate of drug-likeness (QED) is 0.360. The van der Waals surface area contributed by atoms with Crippen molar-refractivity contribution in [2.45, 2.75) is 32.6 Å². The minimum atomic E-state index is 0.00551. The van der Waals surface area contributed by atoms with Crippen molar-refractivity contribution in [2.24, 2.45) is 0 Å². The number of nitrogens with zero attached hydrogens (tertiary/aromatic N) is 4. The minimum absolute atomic E-state index is 0.00551. The third-order valence-electron chi connectivity index (χ3n) is 7.26. The number of piperazine rings is 1. The molecular formula is C30H33N5O. The molecule has 0 amide bonds. The summed E-state index contributed by atoms with van der Waals surface area (Å²) in [5.74, 6) is 0. The number of aryl methyl sites for hydroxylation is 2. The Morgan fingerprint density at radius 3 is 2.44 bits per heavy atom. The normalized spacial score (nSPS) is 14.3. The minimum Gasteiger partial charge on any atom is -0.369 e. The van der Waals surface area contributed by atoms with Crippen LogP contribution in [0.2, 0.25) is 0 Å². The first-order chi connectivity index (χ1) is 17.6. The number of hydrogen-bond acceptors (Lipinski definition) is 4. The Bertz CT molecular complexity index is 1420. The van der Waals surface area contributed by atoms with Gasteiger partial charge in [0, 0.05) is 66.9 Å². The maximum Gasteiger partial charge on any atom is 0.255 e. The zero-order valence-electron chi connectivity index (χ0n) is 20.9. The summed E-state index contributed by atoms with van der Waals surface area (Å²) in [6, 6.07) is 20.1. The van der Waals surface area contributed by atoms with Crippen LogP contribution in [-0.2, 0) is 6.42 Å². The van der Waals surface area contributed by atoms with Crippen LogP contribution in [0.15, 0.2) is 71.8 Å². The zero-order valence-corrected chi connectivity index (χ0v) is 20.9. The number of fused-ring (bicyclic) bond motifs is 1. The molecule has 5 rings (SSSR count). The third kappa shape index (κ3) is 5.37. The average molecular weight is 480 g/mol. The number of aromatic nitrogens is 2. The van der Waals surface area contributed by atoms with Gasteiger partial charge in [0.05, 0.1) is 11.6 Å². The summed E-state index contributed by atoms with van der Waals surface area (Å²) >= 11 is 0. The van der Waals surface area contributed by atoms with E-state index in [1.165, 1.54) is 35.9 Å². The van der Waals surface area contributed by atoms with Crippen molar-refractivity contribution in [1.29, 1.82) is 5.26 Å². The largest absolute Gasteiger partial charge is 0.369 e. The molecule has 1 aliphatic heterocycles. The van der Waals surface area contributed by atoms with E-state index in [1.54, 1.807) is 10.6 Å². The molecule has 0 aliphatic carbocycles. The number of rotatable bonds is 8. The Kier molecular flexibility index (Phi) is 7.20. The topological polar surface area (TPSA) is 68.1 Å². The maximum atomic E-state index is 12.3. The third-order valence-corrected chi connectivity index (χ3v) is 7.26. The Labute approximate surface area is 212 Å². The van der Waals surface area contributed by atoms with E-state index in [1.807, 2.05) is 49.5 Å². The van der Waals surface area contributed by atoms with Gasteiger partial charge in [0.1, 0.15) is 0 Å². The van der Waals surface area contributed by atoms with E-state index in [-0.39, 0.29) is 5.56 Å². The Morgan fingerprint density at radius 1 is 0.917 bits per heavy atom. The number of benzene rings is 2. The SMILES string of the molecule is Cc1ccn(-c2ccc(N3CCN(CCCCCc4c[nH]c5ccc(C#N)cc45)CC3)cc2)c(=O)c1. The van der Waals surface area contributed by atoms with Gasteiger partial charge >= 0.3 is 0 Å². The summed E-state index contributed by atoms with van der Waals surface area (Å²) in [5, 5.41) is 10.4. The van der Waals surface area contributed by atoms with Gasteiger partial charge in [-0.25, -0.2) is 0 Å². The van der Waals surface area contributed by atoms with E-state index < -0.39 is 0 Å². The van der Waals surface area contributed by atoms with Gasteiger partial charge < -0.3 is 9.88 Å². The van der Waals surface area contributed by atoms with Crippen LogP contribution in [0, 0.1) is 18.3 Å². The Morgan fingerprint density at radius 2 is 1.69 bits per heavy atom. The van der Waals surface area contributed by atoms with Crippen LogP contribution in [0.4, 0.5) is 5.69 Å². The summed E-state index contributed by atoms with van der Waals surface area (Å²) in [5.41, 5.74) is 6.26. The van der Waals surface area contributed by atoms with E-state index in [0.29, 0.717) is 0 Å². The summed E-state index contributed by atoms with van der Waals surface area (Å²) < 4.78 is 1.69. The smallest absolute Gasteiger partial charge is 0.255 e. The van der Waals surface area contributed by atoms with Gasteiger partial charge in [-0.05, 0) is 92.4 Å². The maximum absolute atomic E-state index is 12.3. The van der Waals surface area contributed by atoms with Crippen LogP contribution in [0.3, 0.4) is 0 Å². The molecule has 1 fully saturated rings. The lowest BCUT2D eigenvalue weighted by atomic mass is 10.0. The van der Waals surface area contributed by atoms with E-state index >= 15 is 0 Å². The van der Waals surface area contributed by atoms with Gasteiger partial charge in [0.2, 0.25) is 0 Å². The fourth-order valence-electron chi connectivity index (χ4n) is 5.13. The van der Waals surface area contributed by atoms with E-state index in [0.717, 1.165) is 61.5 Å². The van der Waals surface area contributed by atoms with Gasteiger partial charge in [0.25, 0.3) is 5.56 Å². The predicted molar refractivity (Wildman–Crippen MR) is 146 cm³/mol. The predicted octanol–water partition coefficient (Wildman–Crippen LogP) is 5.03. The van der Waals surface area contributed by atoms with Gasteiger partial charge in [-0.3, -0.25) is 14.3 Å². The number of anilines is 1. The summed E-state index contributed by atoms with van der Waals surface area (Å²) in [6.07, 6.45) is 8.58. The van der Waals surface area contributed by atoms with Crippen molar-refractivity contribution in [3.8, 4) is 11.8 Å². The molecule has 3 heterocycles. The fourth-order valence-corrected chi connectivity index (χ4v) is 5.13. The number of nitrogens with one attached hydrogen (secondary N) is 1. The summed E-state index contributed by atoms with van der Waals surface area (Å²) in [7, 11) is 0. The van der Waals surface area contributed by atoms with Crippen LogP contribution >= 0.6 is 0 Å². The highest BCUT2D eigenvalue weighted by Gasteiger charge is 2.17. The molecule has 2 aromatic carbocycles.